The van der Waals surface area contributed by atoms with Gasteiger partial charge in [0.1, 0.15) is 11.2 Å². The maximum atomic E-state index is 12.6. The van der Waals surface area contributed by atoms with Crippen LogP contribution in [0.1, 0.15) is 47.1 Å². The van der Waals surface area contributed by atoms with Crippen molar-refractivity contribution in [3.8, 4) is 0 Å². The lowest BCUT2D eigenvalue weighted by molar-refractivity contribution is 0.0529. The molecule has 0 saturated carbocycles. The quantitative estimate of drug-likeness (QED) is 0.203. The second-order valence-corrected chi connectivity index (χ2v) is 8.87. The molecule has 1 aromatic carbocycles. The van der Waals surface area contributed by atoms with Gasteiger partial charge in [0.2, 0.25) is 0 Å². The third-order valence-corrected chi connectivity index (χ3v) is 4.97. The number of amides is 1. The number of carbonyl (C=O) groups is 1. The molecule has 0 radical (unpaired) electrons. The average Bonchev–Trinajstić information content (AvgIpc) is 2.79. The molecule has 0 bridgehead atoms. The predicted octanol–water partition coefficient (Wildman–Crippen LogP) is 5.75. The van der Waals surface area contributed by atoms with E-state index in [4.69, 9.17) is 9.15 Å². The number of ether oxygens (including phenoxy) is 1. The Bertz CT molecular complexity index is 1160. The number of nitrogens with one attached hydrogen (secondary N) is 1. The van der Waals surface area contributed by atoms with Crippen molar-refractivity contribution in [2.24, 2.45) is 4.99 Å². The normalized spacial score (nSPS) is 12.8. The molecule has 1 N–H and O–H groups in total. The van der Waals surface area contributed by atoms with Gasteiger partial charge in [-0.1, -0.05) is 18.2 Å². The van der Waals surface area contributed by atoms with Crippen molar-refractivity contribution in [1.82, 2.24) is 5.32 Å². The van der Waals surface area contributed by atoms with Crippen LogP contribution in [0.5, 0.6) is 0 Å². The molecule has 1 aromatic heterocycles. The molecule has 0 aliphatic carbocycles. The van der Waals surface area contributed by atoms with E-state index >= 15 is 0 Å². The van der Waals surface area contributed by atoms with Gasteiger partial charge in [0.25, 0.3) is 0 Å². The summed E-state index contributed by atoms with van der Waals surface area (Å²) in [6.45, 7) is 14.1. The van der Waals surface area contributed by atoms with E-state index in [0.717, 1.165) is 29.7 Å². The fourth-order valence-corrected chi connectivity index (χ4v) is 3.31. The van der Waals surface area contributed by atoms with E-state index in [0.29, 0.717) is 24.2 Å². The van der Waals surface area contributed by atoms with Crippen LogP contribution in [-0.4, -0.2) is 44.1 Å². The Kier molecular flexibility index (Phi) is 10.5. The molecule has 0 saturated heterocycles. The molecule has 0 aliphatic heterocycles. The van der Waals surface area contributed by atoms with Crippen molar-refractivity contribution in [2.45, 2.75) is 47.1 Å². The maximum Gasteiger partial charge on any atom is 0.407 e. The third kappa shape index (κ3) is 9.27. The van der Waals surface area contributed by atoms with Crippen LogP contribution in [-0.2, 0) is 4.74 Å². The van der Waals surface area contributed by atoms with Crippen LogP contribution in [0, 0.1) is 0 Å². The van der Waals surface area contributed by atoms with Gasteiger partial charge in [-0.25, -0.2) is 9.59 Å². The molecule has 0 atom stereocenters. The summed E-state index contributed by atoms with van der Waals surface area (Å²) in [6.07, 6.45) is 10.5. The molecule has 0 fully saturated rings. The second-order valence-electron chi connectivity index (χ2n) is 8.87. The first-order valence-electron chi connectivity index (χ1n) is 12.0. The minimum atomic E-state index is -0.527. The highest BCUT2D eigenvalue weighted by molar-refractivity contribution is 5.82. The summed E-state index contributed by atoms with van der Waals surface area (Å²) in [6, 6.07) is 7.77. The minimum absolute atomic E-state index is 0.377. The third-order valence-electron chi connectivity index (χ3n) is 4.97. The number of allylic oxidation sites excluding steroid dienone is 5. The number of rotatable bonds is 10. The van der Waals surface area contributed by atoms with Crippen molar-refractivity contribution in [2.75, 3.05) is 31.1 Å². The van der Waals surface area contributed by atoms with E-state index in [-0.39, 0.29) is 5.63 Å². The van der Waals surface area contributed by atoms with E-state index < -0.39 is 11.7 Å². The number of nitrogens with zero attached hydrogens (tertiary/aromatic N) is 2. The smallest absolute Gasteiger partial charge is 0.407 e. The Morgan fingerprint density at radius 3 is 2.57 bits per heavy atom. The Labute approximate surface area is 207 Å². The summed E-state index contributed by atoms with van der Waals surface area (Å²) < 4.78 is 10.8. The first-order valence-corrected chi connectivity index (χ1v) is 12.0. The Morgan fingerprint density at radius 2 is 1.91 bits per heavy atom. The van der Waals surface area contributed by atoms with Crippen molar-refractivity contribution < 1.29 is 13.9 Å². The van der Waals surface area contributed by atoms with Gasteiger partial charge in [0.15, 0.2) is 0 Å². The molecule has 188 valence electrons. The summed E-state index contributed by atoms with van der Waals surface area (Å²) in [5.74, 6) is 0. The monoisotopic (exact) mass is 479 g/mol. The largest absolute Gasteiger partial charge is 0.444 e. The highest BCUT2D eigenvalue weighted by Crippen LogP contribution is 2.22. The highest BCUT2D eigenvalue weighted by atomic mass is 16.6. The summed E-state index contributed by atoms with van der Waals surface area (Å²) in [7, 11) is 0. The van der Waals surface area contributed by atoms with Gasteiger partial charge >= 0.3 is 11.7 Å². The summed E-state index contributed by atoms with van der Waals surface area (Å²) >= 11 is 0. The van der Waals surface area contributed by atoms with Gasteiger partial charge in [-0.15, -0.1) is 0 Å². The van der Waals surface area contributed by atoms with Gasteiger partial charge in [-0.05, 0) is 77.5 Å². The lowest BCUT2D eigenvalue weighted by Gasteiger charge is -2.20. The molecule has 7 nitrogen and oxygen atoms in total. The number of fused-ring (bicyclic) bond motifs is 1. The predicted molar refractivity (Wildman–Crippen MR) is 146 cm³/mol. The number of benzene rings is 1. The fraction of sp³-hybridized carbons (Fsp3) is 0.393. The zero-order chi connectivity index (χ0) is 25.8. The van der Waals surface area contributed by atoms with Crippen LogP contribution in [0.25, 0.3) is 17.0 Å². The molecule has 35 heavy (non-hydrogen) atoms. The lowest BCUT2D eigenvalue weighted by Crippen LogP contribution is -2.33. The van der Waals surface area contributed by atoms with Crippen molar-refractivity contribution in [1.29, 1.82) is 0 Å². The summed E-state index contributed by atoms with van der Waals surface area (Å²) in [4.78, 5) is 30.7. The summed E-state index contributed by atoms with van der Waals surface area (Å²) in [5, 5.41) is 3.54. The molecule has 0 aliphatic rings. The molecule has 2 aromatic rings. The Balaban J connectivity index is 2.07. The Morgan fingerprint density at radius 1 is 1.17 bits per heavy atom. The first kappa shape index (κ1) is 27.6. The number of hydrogen-bond acceptors (Lipinski definition) is 6. The zero-order valence-corrected chi connectivity index (χ0v) is 21.6. The van der Waals surface area contributed by atoms with Crippen LogP contribution in [0.15, 0.2) is 68.3 Å². The van der Waals surface area contributed by atoms with Crippen LogP contribution >= 0.6 is 0 Å². The fourth-order valence-electron chi connectivity index (χ4n) is 3.31. The van der Waals surface area contributed by atoms with Crippen LogP contribution in [0.4, 0.5) is 10.5 Å². The summed E-state index contributed by atoms with van der Waals surface area (Å²) in [5.41, 5.74) is 2.04. The molecule has 7 heteroatoms. The number of anilines is 1. The molecule has 1 heterocycles. The van der Waals surface area contributed by atoms with Gasteiger partial charge in [-0.3, -0.25) is 4.99 Å². The van der Waals surface area contributed by atoms with E-state index in [1.807, 2.05) is 76.3 Å². The SMILES string of the molecule is C\C=C/C(/C=C/c1cc2ccc(N(CC)CC)cc2oc1=O)=C\C=NCCNC(=O)OC(C)(C)C. The van der Waals surface area contributed by atoms with Crippen molar-refractivity contribution in [3.63, 3.8) is 0 Å². The number of hydrogen-bond donors (Lipinski definition) is 1. The molecule has 0 spiro atoms. The molecular formula is C28H37N3O4. The number of carbonyl (C=O) groups excluding carboxylic acids is 1. The Hall–Kier alpha value is -3.61. The second kappa shape index (κ2) is 13.3. The van der Waals surface area contributed by atoms with Gasteiger partial charge < -0.3 is 19.4 Å². The van der Waals surface area contributed by atoms with Crippen molar-refractivity contribution in [3.05, 3.63) is 70.1 Å². The van der Waals surface area contributed by atoms with Gasteiger partial charge in [0.05, 0.1) is 12.1 Å². The van der Waals surface area contributed by atoms with E-state index in [9.17, 15) is 9.59 Å². The molecule has 1 amide bonds. The van der Waals surface area contributed by atoms with Gasteiger partial charge in [0, 0.05) is 43.0 Å². The van der Waals surface area contributed by atoms with Crippen LogP contribution in [0.3, 0.4) is 0 Å². The van der Waals surface area contributed by atoms with Gasteiger partial charge in [-0.2, -0.15) is 0 Å². The van der Waals surface area contributed by atoms with Crippen molar-refractivity contribution >= 4 is 35.0 Å². The average molecular weight is 480 g/mol. The molecule has 0 unspecified atom stereocenters. The lowest BCUT2D eigenvalue weighted by atomic mass is 10.1. The first-order chi connectivity index (χ1) is 16.7. The van der Waals surface area contributed by atoms with E-state index in [1.54, 1.807) is 12.3 Å². The van der Waals surface area contributed by atoms with E-state index in [1.165, 1.54) is 0 Å². The van der Waals surface area contributed by atoms with Crippen LogP contribution < -0.4 is 15.8 Å². The van der Waals surface area contributed by atoms with E-state index in [2.05, 4.69) is 29.1 Å². The number of aliphatic imine (C=N–C) groups is 1. The molecule has 2 rings (SSSR count). The highest BCUT2D eigenvalue weighted by Gasteiger charge is 2.15. The molecular weight excluding hydrogens is 442 g/mol. The standard InChI is InChI=1S/C28H37N3O4/c1-7-10-21(15-16-29-17-18-30-27(33)35-28(4,5)6)11-12-23-19-22-13-14-24(31(8-2)9-3)20-25(22)34-26(23)32/h7,10-16,19-20H,8-9,17-18H2,1-6H3,(H,30,33)/b10-7-,12-11+,21-15+,29-16?. The topological polar surface area (TPSA) is 84.1 Å². The zero-order valence-electron chi connectivity index (χ0n) is 21.6. The number of alkyl carbamates (subject to hydrolysis) is 1. The minimum Gasteiger partial charge on any atom is -0.444 e. The maximum absolute atomic E-state index is 12.6. The van der Waals surface area contributed by atoms with Crippen LogP contribution in [0.2, 0.25) is 0 Å².